The number of halogens is 3. The van der Waals surface area contributed by atoms with Crippen molar-refractivity contribution in [3.8, 4) is 0 Å². The fraction of sp³-hybridized carbons (Fsp3) is 0.571. The molecule has 0 heterocycles. The van der Waals surface area contributed by atoms with Gasteiger partial charge in [0.2, 0.25) is 0 Å². The number of benzene rings is 1. The second-order valence-corrected chi connectivity index (χ2v) is 4.51. The van der Waals surface area contributed by atoms with Gasteiger partial charge in [-0.25, -0.2) is 0 Å². The maximum Gasteiger partial charge on any atom is 0.416 e. The van der Waals surface area contributed by atoms with Crippen molar-refractivity contribution >= 4 is 0 Å². The Bertz CT molecular complexity index is 393. The molecule has 5 heteroatoms. The number of hydrogen-bond donors (Lipinski definition) is 1. The predicted octanol–water partition coefficient (Wildman–Crippen LogP) is 3.26. The van der Waals surface area contributed by atoms with Crippen LogP contribution in [0, 0.1) is 0 Å². The number of ether oxygens (including phenoxy) is 1. The van der Waals surface area contributed by atoms with Crippen LogP contribution >= 0.6 is 0 Å². The van der Waals surface area contributed by atoms with Crippen LogP contribution in [0.4, 0.5) is 13.2 Å². The van der Waals surface area contributed by atoms with Crippen LogP contribution in [0.5, 0.6) is 0 Å². The maximum atomic E-state index is 12.6. The average molecular weight is 275 g/mol. The summed E-state index contributed by atoms with van der Waals surface area (Å²) in [7, 11) is 1.60. The molecule has 108 valence electrons. The Balaban J connectivity index is 2.85. The van der Waals surface area contributed by atoms with E-state index in [4.69, 9.17) is 4.74 Å². The van der Waals surface area contributed by atoms with Gasteiger partial charge in [-0.05, 0) is 31.5 Å². The van der Waals surface area contributed by atoms with E-state index in [0.29, 0.717) is 12.0 Å². The van der Waals surface area contributed by atoms with Crippen LogP contribution in [0.3, 0.4) is 0 Å². The minimum Gasteiger partial charge on any atom is -0.380 e. The highest BCUT2D eigenvalue weighted by Gasteiger charge is 2.30. The van der Waals surface area contributed by atoms with Crippen molar-refractivity contribution < 1.29 is 17.9 Å². The monoisotopic (exact) mass is 275 g/mol. The predicted molar refractivity (Wildman–Crippen MR) is 69.1 cm³/mol. The summed E-state index contributed by atoms with van der Waals surface area (Å²) in [4.78, 5) is 0. The highest BCUT2D eigenvalue weighted by atomic mass is 19.4. The molecule has 2 unspecified atom stereocenters. The third-order valence-corrected chi connectivity index (χ3v) is 3.11. The van der Waals surface area contributed by atoms with Crippen molar-refractivity contribution in [2.45, 2.75) is 38.6 Å². The van der Waals surface area contributed by atoms with Gasteiger partial charge in [-0.1, -0.05) is 25.1 Å². The summed E-state index contributed by atoms with van der Waals surface area (Å²) in [5, 5.41) is 3.23. The first-order valence-electron chi connectivity index (χ1n) is 6.30. The summed E-state index contributed by atoms with van der Waals surface area (Å²) in [6.07, 6.45) is -3.85. The molecule has 0 aliphatic rings. The zero-order chi connectivity index (χ0) is 14.5. The number of alkyl halides is 3. The minimum absolute atomic E-state index is 0.00140. The number of hydrogen-bond acceptors (Lipinski definition) is 2. The molecule has 0 spiro atoms. The standard InChI is InChI=1S/C14H20F3NO/c1-4-18-13(10(2)19-3)9-11-6-5-7-12(8-11)14(15,16)17/h5-8,10,13,18H,4,9H2,1-3H3. The van der Waals surface area contributed by atoms with Crippen molar-refractivity contribution in [1.82, 2.24) is 5.32 Å². The van der Waals surface area contributed by atoms with Crippen molar-refractivity contribution in [3.05, 3.63) is 35.4 Å². The second-order valence-electron chi connectivity index (χ2n) is 4.51. The van der Waals surface area contributed by atoms with Crippen molar-refractivity contribution in [2.24, 2.45) is 0 Å². The molecule has 0 bridgehead atoms. The molecule has 0 radical (unpaired) electrons. The Labute approximate surface area is 112 Å². The Morgan fingerprint density at radius 1 is 1.32 bits per heavy atom. The Kier molecular flexibility index (Phi) is 5.82. The lowest BCUT2D eigenvalue weighted by atomic mass is 10.00. The van der Waals surface area contributed by atoms with Gasteiger partial charge < -0.3 is 10.1 Å². The van der Waals surface area contributed by atoms with Gasteiger partial charge in [-0.3, -0.25) is 0 Å². The van der Waals surface area contributed by atoms with E-state index in [9.17, 15) is 13.2 Å². The minimum atomic E-state index is -4.30. The van der Waals surface area contributed by atoms with Gasteiger partial charge in [-0.15, -0.1) is 0 Å². The molecule has 0 saturated carbocycles. The molecule has 1 rings (SSSR count). The zero-order valence-electron chi connectivity index (χ0n) is 11.4. The first-order chi connectivity index (χ1) is 8.88. The van der Waals surface area contributed by atoms with Crippen molar-refractivity contribution in [2.75, 3.05) is 13.7 Å². The lowest BCUT2D eigenvalue weighted by molar-refractivity contribution is -0.137. The molecule has 1 aromatic rings. The van der Waals surface area contributed by atoms with E-state index in [1.165, 1.54) is 12.1 Å². The highest BCUT2D eigenvalue weighted by Crippen LogP contribution is 2.29. The first-order valence-corrected chi connectivity index (χ1v) is 6.30. The Morgan fingerprint density at radius 2 is 2.00 bits per heavy atom. The zero-order valence-corrected chi connectivity index (χ0v) is 11.4. The molecule has 1 aromatic carbocycles. The van der Waals surface area contributed by atoms with Crippen LogP contribution in [-0.4, -0.2) is 25.8 Å². The molecule has 2 atom stereocenters. The van der Waals surface area contributed by atoms with Crippen LogP contribution in [0.15, 0.2) is 24.3 Å². The van der Waals surface area contributed by atoms with Crippen LogP contribution in [-0.2, 0) is 17.3 Å². The molecule has 0 amide bonds. The van der Waals surface area contributed by atoms with Gasteiger partial charge in [-0.2, -0.15) is 13.2 Å². The van der Waals surface area contributed by atoms with Gasteiger partial charge in [0.1, 0.15) is 0 Å². The summed E-state index contributed by atoms with van der Waals surface area (Å²) in [6.45, 7) is 4.61. The normalized spacial score (nSPS) is 15.3. The third kappa shape index (κ3) is 4.84. The maximum absolute atomic E-state index is 12.6. The molecule has 0 aliphatic heterocycles. The fourth-order valence-electron chi connectivity index (χ4n) is 1.96. The topological polar surface area (TPSA) is 21.3 Å². The highest BCUT2D eigenvalue weighted by molar-refractivity contribution is 5.26. The SMILES string of the molecule is CCNC(Cc1cccc(C(F)(F)F)c1)C(C)OC. The van der Waals surface area contributed by atoms with Gasteiger partial charge in [0.25, 0.3) is 0 Å². The lowest BCUT2D eigenvalue weighted by Crippen LogP contribution is -2.41. The van der Waals surface area contributed by atoms with Crippen LogP contribution < -0.4 is 5.32 Å². The number of methoxy groups -OCH3 is 1. The first kappa shape index (κ1) is 16.0. The van der Waals surface area contributed by atoms with E-state index >= 15 is 0 Å². The summed E-state index contributed by atoms with van der Waals surface area (Å²) in [5.41, 5.74) is 0.0509. The number of rotatable bonds is 6. The number of likely N-dealkylation sites (N-methyl/N-ethyl adjacent to an activating group) is 1. The van der Waals surface area contributed by atoms with E-state index in [0.717, 1.165) is 12.6 Å². The summed E-state index contributed by atoms with van der Waals surface area (Å²) >= 11 is 0. The molecule has 1 N–H and O–H groups in total. The molecule has 0 aromatic heterocycles. The number of nitrogens with one attached hydrogen (secondary N) is 1. The molecule has 0 fully saturated rings. The summed E-state index contributed by atoms with van der Waals surface area (Å²) < 4.78 is 43.2. The van der Waals surface area contributed by atoms with Gasteiger partial charge in [0, 0.05) is 13.2 Å². The van der Waals surface area contributed by atoms with Gasteiger partial charge >= 0.3 is 6.18 Å². The molecule has 19 heavy (non-hydrogen) atoms. The van der Waals surface area contributed by atoms with Gasteiger partial charge in [0.15, 0.2) is 0 Å². The third-order valence-electron chi connectivity index (χ3n) is 3.11. The van der Waals surface area contributed by atoms with Gasteiger partial charge in [0.05, 0.1) is 11.7 Å². The van der Waals surface area contributed by atoms with Crippen molar-refractivity contribution in [3.63, 3.8) is 0 Å². The molecular formula is C14H20F3NO. The molecule has 2 nitrogen and oxygen atoms in total. The van der Waals surface area contributed by atoms with E-state index in [1.54, 1.807) is 13.2 Å². The molecule has 0 aliphatic carbocycles. The van der Waals surface area contributed by atoms with E-state index in [2.05, 4.69) is 5.32 Å². The fourth-order valence-corrected chi connectivity index (χ4v) is 1.96. The van der Waals surface area contributed by atoms with Crippen LogP contribution in [0.25, 0.3) is 0 Å². The van der Waals surface area contributed by atoms with Crippen molar-refractivity contribution in [1.29, 1.82) is 0 Å². The summed E-state index contributed by atoms with van der Waals surface area (Å²) in [5.74, 6) is 0. The van der Waals surface area contributed by atoms with E-state index in [1.807, 2.05) is 13.8 Å². The molecule has 0 saturated heterocycles. The van der Waals surface area contributed by atoms with E-state index < -0.39 is 11.7 Å². The smallest absolute Gasteiger partial charge is 0.380 e. The van der Waals surface area contributed by atoms with Crippen LogP contribution in [0.2, 0.25) is 0 Å². The van der Waals surface area contributed by atoms with E-state index in [-0.39, 0.29) is 12.1 Å². The molecular weight excluding hydrogens is 255 g/mol. The average Bonchev–Trinajstić information content (AvgIpc) is 2.36. The lowest BCUT2D eigenvalue weighted by Gasteiger charge is -2.24. The van der Waals surface area contributed by atoms with Crippen LogP contribution in [0.1, 0.15) is 25.0 Å². The summed E-state index contributed by atoms with van der Waals surface area (Å²) in [6, 6.07) is 5.44. The quantitative estimate of drug-likeness (QED) is 0.860. The Morgan fingerprint density at radius 3 is 2.53 bits per heavy atom. The largest absolute Gasteiger partial charge is 0.416 e. The Hall–Kier alpha value is -1.07. The second kappa shape index (κ2) is 6.91.